The predicted octanol–water partition coefficient (Wildman–Crippen LogP) is 2.24. The third-order valence-electron chi connectivity index (χ3n) is 4.16. The van der Waals surface area contributed by atoms with Gasteiger partial charge in [0.25, 0.3) is 11.8 Å². The number of hydrogen-bond acceptors (Lipinski definition) is 4. The number of pyridine rings is 1. The van der Waals surface area contributed by atoms with Gasteiger partial charge in [-0.1, -0.05) is 31.5 Å². The predicted molar refractivity (Wildman–Crippen MR) is 111 cm³/mol. The maximum Gasteiger partial charge on any atom is 0.253 e. The summed E-state index contributed by atoms with van der Waals surface area (Å²) in [6.07, 6.45) is 3.68. The molecule has 0 aliphatic rings. The summed E-state index contributed by atoms with van der Waals surface area (Å²) >= 11 is 0. The average molecular weight is 395 g/mol. The molecule has 0 aliphatic heterocycles. The lowest BCUT2D eigenvalue weighted by molar-refractivity contribution is -0.122. The topological polar surface area (TPSA) is 100 Å². The van der Waals surface area contributed by atoms with Crippen LogP contribution in [-0.4, -0.2) is 35.3 Å². The van der Waals surface area contributed by atoms with Crippen LogP contribution in [0.2, 0.25) is 0 Å². The van der Waals surface area contributed by atoms with Gasteiger partial charge in [-0.05, 0) is 43.5 Å². The van der Waals surface area contributed by atoms with E-state index in [0.29, 0.717) is 23.5 Å². The first-order valence-corrected chi connectivity index (χ1v) is 9.54. The average Bonchev–Trinajstić information content (AvgIpc) is 2.71. The maximum absolute atomic E-state index is 12.6. The summed E-state index contributed by atoms with van der Waals surface area (Å²) in [5.74, 6) is -0.761. The minimum Gasteiger partial charge on any atom is -0.349 e. The molecule has 2 rings (SSSR count). The van der Waals surface area contributed by atoms with Gasteiger partial charge in [0.15, 0.2) is 0 Å². The van der Waals surface area contributed by atoms with Crippen molar-refractivity contribution < 1.29 is 14.4 Å². The number of hydrogen-bond donors (Lipinski definition) is 3. The highest BCUT2D eigenvalue weighted by Gasteiger charge is 2.22. The van der Waals surface area contributed by atoms with E-state index < -0.39 is 17.9 Å². The molecule has 3 N–H and O–H groups in total. The minimum atomic E-state index is -0.930. The molecule has 0 bridgehead atoms. The summed E-state index contributed by atoms with van der Waals surface area (Å²) in [5, 5.41) is 8.07. The molecule has 1 heterocycles. The van der Waals surface area contributed by atoms with E-state index in [-0.39, 0.29) is 12.5 Å². The van der Waals surface area contributed by atoms with Gasteiger partial charge in [0.2, 0.25) is 5.91 Å². The molecule has 0 spiro atoms. The van der Waals surface area contributed by atoms with Crippen molar-refractivity contribution in [1.29, 1.82) is 0 Å². The van der Waals surface area contributed by atoms with E-state index in [4.69, 9.17) is 0 Å². The van der Waals surface area contributed by atoms with Crippen LogP contribution in [0.4, 0.5) is 0 Å². The molecule has 2 aromatic rings. The van der Waals surface area contributed by atoms with Crippen LogP contribution in [0, 0.1) is 19.4 Å². The maximum atomic E-state index is 12.6. The number of nitrogens with zero attached hydrogens (tertiary/aromatic N) is 1. The SMILES string of the molecule is Cc1ccc(C(=O)NC[C@H](NC(=O)c2cccnc2)C(=O)N[CH]CC(C)C)cc1. The van der Waals surface area contributed by atoms with Gasteiger partial charge < -0.3 is 16.0 Å². The van der Waals surface area contributed by atoms with E-state index in [9.17, 15) is 14.4 Å². The monoisotopic (exact) mass is 395 g/mol. The molecule has 29 heavy (non-hydrogen) atoms. The molecule has 7 nitrogen and oxygen atoms in total. The number of aromatic nitrogens is 1. The minimum absolute atomic E-state index is 0.0416. The van der Waals surface area contributed by atoms with Gasteiger partial charge in [-0.25, -0.2) is 0 Å². The summed E-state index contributed by atoms with van der Waals surface area (Å²) in [6.45, 7) is 7.62. The quantitative estimate of drug-likeness (QED) is 0.606. The van der Waals surface area contributed by atoms with Crippen molar-refractivity contribution in [3.05, 3.63) is 72.0 Å². The van der Waals surface area contributed by atoms with Crippen molar-refractivity contribution in [2.75, 3.05) is 6.54 Å². The summed E-state index contributed by atoms with van der Waals surface area (Å²) in [5.41, 5.74) is 1.87. The standard InChI is InChI=1S/C22H27N4O3/c1-15(2)10-12-24-22(29)19(26-21(28)18-5-4-11-23-13-18)14-25-20(27)17-8-6-16(3)7-9-17/h4-9,11-13,15,19H,10,14H2,1-3H3,(H,24,29)(H,25,27)(H,26,28)/t19-/m0/s1. The fraction of sp³-hybridized carbons (Fsp3) is 0.318. The molecule has 1 atom stereocenters. The van der Waals surface area contributed by atoms with Crippen LogP contribution in [0.1, 0.15) is 46.5 Å². The fourth-order valence-corrected chi connectivity index (χ4v) is 2.45. The second-order valence-electron chi connectivity index (χ2n) is 7.19. The van der Waals surface area contributed by atoms with Crippen LogP contribution >= 0.6 is 0 Å². The van der Waals surface area contributed by atoms with Gasteiger partial charge in [0.05, 0.1) is 5.56 Å². The lowest BCUT2D eigenvalue weighted by Gasteiger charge is -2.19. The van der Waals surface area contributed by atoms with Crippen molar-refractivity contribution in [2.24, 2.45) is 5.92 Å². The van der Waals surface area contributed by atoms with Gasteiger partial charge in [-0.15, -0.1) is 0 Å². The number of rotatable bonds is 9. The van der Waals surface area contributed by atoms with E-state index in [0.717, 1.165) is 5.56 Å². The first-order chi connectivity index (χ1) is 13.9. The zero-order chi connectivity index (χ0) is 21.2. The molecule has 0 unspecified atom stereocenters. The van der Waals surface area contributed by atoms with Crippen molar-refractivity contribution in [3.63, 3.8) is 0 Å². The molecule has 153 valence electrons. The van der Waals surface area contributed by atoms with Gasteiger partial charge >= 0.3 is 0 Å². The molecule has 1 aromatic carbocycles. The number of aryl methyl sites for hydroxylation is 1. The van der Waals surface area contributed by atoms with Crippen LogP contribution in [0.25, 0.3) is 0 Å². The Morgan fingerprint density at radius 1 is 1.03 bits per heavy atom. The van der Waals surface area contributed by atoms with Crippen LogP contribution in [-0.2, 0) is 4.79 Å². The Morgan fingerprint density at radius 2 is 1.76 bits per heavy atom. The Kier molecular flexibility index (Phi) is 8.33. The number of carbonyl (C=O) groups excluding carboxylic acids is 3. The van der Waals surface area contributed by atoms with Gasteiger partial charge in [-0.2, -0.15) is 0 Å². The van der Waals surface area contributed by atoms with E-state index in [1.54, 1.807) is 37.0 Å². The van der Waals surface area contributed by atoms with E-state index in [1.165, 1.54) is 6.20 Å². The Balaban J connectivity index is 2.02. The number of amides is 3. The summed E-state index contributed by atoms with van der Waals surface area (Å²) < 4.78 is 0. The molecule has 0 fully saturated rings. The normalized spacial score (nSPS) is 11.6. The van der Waals surface area contributed by atoms with Crippen LogP contribution in [0.15, 0.2) is 48.8 Å². The highest BCUT2D eigenvalue weighted by atomic mass is 16.2. The number of nitrogens with one attached hydrogen (secondary N) is 3. The van der Waals surface area contributed by atoms with Crippen LogP contribution < -0.4 is 16.0 Å². The lowest BCUT2D eigenvalue weighted by atomic mass is 10.1. The number of carbonyl (C=O) groups is 3. The number of benzene rings is 1. The molecule has 1 aromatic heterocycles. The third kappa shape index (κ3) is 7.37. The third-order valence-corrected chi connectivity index (χ3v) is 4.16. The van der Waals surface area contributed by atoms with Crippen molar-refractivity contribution in [2.45, 2.75) is 33.2 Å². The Morgan fingerprint density at radius 3 is 2.38 bits per heavy atom. The summed E-state index contributed by atoms with van der Waals surface area (Å²) in [6, 6.07) is 9.41. The first-order valence-electron chi connectivity index (χ1n) is 9.54. The van der Waals surface area contributed by atoms with Gasteiger partial charge in [-0.3, -0.25) is 19.4 Å². The van der Waals surface area contributed by atoms with E-state index >= 15 is 0 Å². The van der Waals surface area contributed by atoms with Crippen molar-refractivity contribution in [1.82, 2.24) is 20.9 Å². The Hall–Kier alpha value is -3.22. The summed E-state index contributed by atoms with van der Waals surface area (Å²) in [7, 11) is 0. The molecule has 3 amide bonds. The van der Waals surface area contributed by atoms with Crippen molar-refractivity contribution >= 4 is 17.7 Å². The zero-order valence-electron chi connectivity index (χ0n) is 16.9. The second kappa shape index (κ2) is 10.9. The second-order valence-corrected chi connectivity index (χ2v) is 7.19. The molecule has 0 aliphatic carbocycles. The highest BCUT2D eigenvalue weighted by Crippen LogP contribution is 2.04. The lowest BCUT2D eigenvalue weighted by Crippen LogP contribution is -2.52. The molecular weight excluding hydrogens is 368 g/mol. The Labute approximate surface area is 171 Å². The fourth-order valence-electron chi connectivity index (χ4n) is 2.45. The summed E-state index contributed by atoms with van der Waals surface area (Å²) in [4.78, 5) is 41.3. The van der Waals surface area contributed by atoms with Gasteiger partial charge in [0.1, 0.15) is 6.04 Å². The van der Waals surface area contributed by atoms with Crippen LogP contribution in [0.5, 0.6) is 0 Å². The van der Waals surface area contributed by atoms with Crippen molar-refractivity contribution in [3.8, 4) is 0 Å². The molecular formula is C22H27N4O3. The van der Waals surface area contributed by atoms with E-state index in [1.807, 2.05) is 32.9 Å². The molecule has 0 saturated carbocycles. The molecule has 1 radical (unpaired) electrons. The largest absolute Gasteiger partial charge is 0.349 e. The smallest absolute Gasteiger partial charge is 0.253 e. The highest BCUT2D eigenvalue weighted by molar-refractivity contribution is 5.98. The molecule has 0 saturated heterocycles. The first kappa shape index (κ1) is 22.1. The molecule has 7 heteroatoms. The van der Waals surface area contributed by atoms with Crippen LogP contribution in [0.3, 0.4) is 0 Å². The zero-order valence-corrected chi connectivity index (χ0v) is 16.9. The Bertz CT molecular complexity index is 820. The van der Waals surface area contributed by atoms with Gasteiger partial charge in [0, 0.05) is 31.0 Å². The van der Waals surface area contributed by atoms with E-state index in [2.05, 4.69) is 20.9 Å².